The quantitative estimate of drug-likeness (QED) is 0.750. The first-order chi connectivity index (χ1) is 8.74. The van der Waals surface area contributed by atoms with E-state index >= 15 is 0 Å². The minimum absolute atomic E-state index is 0.581. The zero-order valence-corrected chi connectivity index (χ0v) is 10.6. The Hall–Kier alpha value is -1.78. The predicted octanol–water partition coefficient (Wildman–Crippen LogP) is 3.77. The maximum Gasteiger partial charge on any atom is 0.174 e. The number of rotatable bonds is 2. The van der Waals surface area contributed by atoms with Crippen molar-refractivity contribution in [3.8, 4) is 22.9 Å². The van der Waals surface area contributed by atoms with Crippen molar-refractivity contribution in [1.82, 2.24) is 19.9 Å². The number of halogens is 2. The van der Waals surface area contributed by atoms with Gasteiger partial charge in [0.15, 0.2) is 11.6 Å². The van der Waals surface area contributed by atoms with Crippen LogP contribution < -0.4 is 0 Å². The SMILES string of the molecule is Clc1ccc(-c2cnc(-c3ncc[nH]3)[nH]2)c(Cl)c1. The third kappa shape index (κ3) is 2.00. The standard InChI is InChI=1S/C12H8Cl2N4/c13-7-1-2-8(9(14)5-7)10-6-17-12(18-10)11-15-3-4-16-11/h1-6H,(H,15,16)(H,17,18). The molecule has 18 heavy (non-hydrogen) atoms. The molecule has 0 amide bonds. The molecule has 0 saturated carbocycles. The molecular formula is C12H8Cl2N4. The van der Waals surface area contributed by atoms with Crippen LogP contribution >= 0.6 is 23.2 Å². The Morgan fingerprint density at radius 3 is 2.67 bits per heavy atom. The van der Waals surface area contributed by atoms with Crippen molar-refractivity contribution in [3.63, 3.8) is 0 Å². The van der Waals surface area contributed by atoms with E-state index < -0.39 is 0 Å². The van der Waals surface area contributed by atoms with Crippen molar-refractivity contribution in [1.29, 1.82) is 0 Å². The lowest BCUT2D eigenvalue weighted by Crippen LogP contribution is -1.83. The highest BCUT2D eigenvalue weighted by Crippen LogP contribution is 2.29. The fourth-order valence-corrected chi connectivity index (χ4v) is 2.19. The van der Waals surface area contributed by atoms with Gasteiger partial charge < -0.3 is 9.97 Å². The summed E-state index contributed by atoms with van der Waals surface area (Å²) in [4.78, 5) is 14.5. The predicted molar refractivity (Wildman–Crippen MR) is 71.6 cm³/mol. The van der Waals surface area contributed by atoms with Crippen molar-refractivity contribution in [3.05, 3.63) is 46.8 Å². The van der Waals surface area contributed by atoms with Crippen LogP contribution in [0.25, 0.3) is 22.9 Å². The first-order valence-corrected chi connectivity index (χ1v) is 6.00. The molecule has 2 N–H and O–H groups in total. The normalized spacial score (nSPS) is 10.8. The number of benzene rings is 1. The summed E-state index contributed by atoms with van der Waals surface area (Å²) >= 11 is 12.0. The largest absolute Gasteiger partial charge is 0.342 e. The average molecular weight is 279 g/mol. The second-order valence-corrected chi connectivity index (χ2v) is 4.55. The molecule has 3 rings (SSSR count). The monoisotopic (exact) mass is 278 g/mol. The van der Waals surface area contributed by atoms with Gasteiger partial charge in [0, 0.05) is 23.0 Å². The number of nitrogens with one attached hydrogen (secondary N) is 2. The first-order valence-electron chi connectivity index (χ1n) is 5.24. The molecule has 2 aromatic heterocycles. The maximum atomic E-state index is 6.14. The van der Waals surface area contributed by atoms with Crippen LogP contribution in [0.15, 0.2) is 36.8 Å². The molecule has 0 spiro atoms. The van der Waals surface area contributed by atoms with Gasteiger partial charge in [0.05, 0.1) is 16.9 Å². The summed E-state index contributed by atoms with van der Waals surface area (Å²) in [6.07, 6.45) is 5.13. The highest BCUT2D eigenvalue weighted by Gasteiger charge is 2.09. The van der Waals surface area contributed by atoms with Crippen LogP contribution in [0.1, 0.15) is 0 Å². The minimum atomic E-state index is 0.581. The van der Waals surface area contributed by atoms with Crippen molar-refractivity contribution < 1.29 is 0 Å². The van der Waals surface area contributed by atoms with Crippen molar-refractivity contribution in [2.75, 3.05) is 0 Å². The van der Waals surface area contributed by atoms with E-state index in [1.807, 2.05) is 6.07 Å². The minimum Gasteiger partial charge on any atom is -0.342 e. The molecule has 0 bridgehead atoms. The maximum absolute atomic E-state index is 6.14. The van der Waals surface area contributed by atoms with E-state index in [1.54, 1.807) is 30.7 Å². The smallest absolute Gasteiger partial charge is 0.174 e. The Morgan fingerprint density at radius 1 is 1.06 bits per heavy atom. The van der Waals surface area contributed by atoms with Crippen LogP contribution in [0.2, 0.25) is 10.0 Å². The molecule has 0 aliphatic carbocycles. The lowest BCUT2D eigenvalue weighted by atomic mass is 10.2. The molecule has 2 heterocycles. The Balaban J connectivity index is 2.03. The zero-order valence-electron chi connectivity index (χ0n) is 9.11. The number of imidazole rings is 2. The van der Waals surface area contributed by atoms with Gasteiger partial charge in [-0.3, -0.25) is 0 Å². The van der Waals surface area contributed by atoms with Gasteiger partial charge in [-0.2, -0.15) is 0 Å². The molecular weight excluding hydrogens is 271 g/mol. The Morgan fingerprint density at radius 2 is 1.94 bits per heavy atom. The number of nitrogens with zero attached hydrogens (tertiary/aromatic N) is 2. The Bertz CT molecular complexity index is 673. The molecule has 0 unspecified atom stereocenters. The second kappa shape index (κ2) is 4.48. The lowest BCUT2D eigenvalue weighted by Gasteiger charge is -2.01. The molecule has 0 aliphatic heterocycles. The van der Waals surface area contributed by atoms with Gasteiger partial charge in [-0.05, 0) is 18.2 Å². The van der Waals surface area contributed by atoms with Crippen molar-refractivity contribution >= 4 is 23.2 Å². The summed E-state index contributed by atoms with van der Waals surface area (Å²) in [5.74, 6) is 1.35. The Kier molecular flexibility index (Phi) is 2.81. The van der Waals surface area contributed by atoms with Crippen LogP contribution in [0.3, 0.4) is 0 Å². The van der Waals surface area contributed by atoms with E-state index in [2.05, 4.69) is 19.9 Å². The van der Waals surface area contributed by atoms with E-state index in [4.69, 9.17) is 23.2 Å². The summed E-state index contributed by atoms with van der Waals surface area (Å²) in [6, 6.07) is 5.34. The third-order valence-corrected chi connectivity index (χ3v) is 3.07. The lowest BCUT2D eigenvalue weighted by molar-refractivity contribution is 1.20. The summed E-state index contributed by atoms with van der Waals surface area (Å²) in [6.45, 7) is 0. The van der Waals surface area contributed by atoms with Gasteiger partial charge in [0.1, 0.15) is 0 Å². The summed E-state index contributed by atoms with van der Waals surface area (Å²) in [7, 11) is 0. The number of aromatic amines is 2. The summed E-state index contributed by atoms with van der Waals surface area (Å²) < 4.78 is 0. The van der Waals surface area contributed by atoms with E-state index in [0.717, 1.165) is 11.3 Å². The van der Waals surface area contributed by atoms with Crippen molar-refractivity contribution in [2.24, 2.45) is 0 Å². The number of aromatic nitrogens is 4. The fourth-order valence-electron chi connectivity index (χ4n) is 1.68. The van der Waals surface area contributed by atoms with Crippen molar-refractivity contribution in [2.45, 2.75) is 0 Å². The fraction of sp³-hybridized carbons (Fsp3) is 0. The van der Waals surface area contributed by atoms with Gasteiger partial charge in [0.25, 0.3) is 0 Å². The molecule has 90 valence electrons. The third-order valence-electron chi connectivity index (χ3n) is 2.52. The van der Waals surface area contributed by atoms with E-state index in [1.165, 1.54) is 0 Å². The highest BCUT2D eigenvalue weighted by atomic mass is 35.5. The molecule has 3 aromatic rings. The zero-order chi connectivity index (χ0) is 12.5. The summed E-state index contributed by atoms with van der Waals surface area (Å²) in [5.41, 5.74) is 1.68. The molecule has 0 fully saturated rings. The van der Waals surface area contributed by atoms with Gasteiger partial charge >= 0.3 is 0 Å². The molecule has 6 heteroatoms. The van der Waals surface area contributed by atoms with Crippen LogP contribution in [0, 0.1) is 0 Å². The molecule has 0 radical (unpaired) electrons. The van der Waals surface area contributed by atoms with Crippen LogP contribution in [-0.4, -0.2) is 19.9 Å². The molecule has 1 aromatic carbocycles. The van der Waals surface area contributed by atoms with Crippen LogP contribution in [0.4, 0.5) is 0 Å². The highest BCUT2D eigenvalue weighted by molar-refractivity contribution is 6.36. The number of hydrogen-bond acceptors (Lipinski definition) is 2. The second-order valence-electron chi connectivity index (χ2n) is 3.71. The molecule has 0 atom stereocenters. The van der Waals surface area contributed by atoms with Crippen LogP contribution in [0.5, 0.6) is 0 Å². The van der Waals surface area contributed by atoms with E-state index in [0.29, 0.717) is 21.7 Å². The van der Waals surface area contributed by atoms with E-state index in [-0.39, 0.29) is 0 Å². The molecule has 0 aliphatic rings. The average Bonchev–Trinajstić information content (AvgIpc) is 2.99. The number of H-pyrrole nitrogens is 2. The molecule has 0 saturated heterocycles. The van der Waals surface area contributed by atoms with Crippen LogP contribution in [-0.2, 0) is 0 Å². The van der Waals surface area contributed by atoms with Gasteiger partial charge in [-0.1, -0.05) is 23.2 Å². The summed E-state index contributed by atoms with van der Waals surface area (Å²) in [5, 5.41) is 1.19. The van der Waals surface area contributed by atoms with Gasteiger partial charge in [-0.15, -0.1) is 0 Å². The topological polar surface area (TPSA) is 57.4 Å². The van der Waals surface area contributed by atoms with Gasteiger partial charge in [-0.25, -0.2) is 9.97 Å². The van der Waals surface area contributed by atoms with E-state index in [9.17, 15) is 0 Å². The first kappa shape index (κ1) is 11.3. The molecule has 4 nitrogen and oxygen atoms in total. The number of hydrogen-bond donors (Lipinski definition) is 2. The van der Waals surface area contributed by atoms with Gasteiger partial charge in [0.2, 0.25) is 0 Å². The Labute approximate surface area is 113 Å².